The molecule has 0 spiro atoms. The van der Waals surface area contributed by atoms with E-state index in [0.717, 1.165) is 25.7 Å². The maximum absolute atomic E-state index is 13.9. The monoisotopic (exact) mass is 311 g/mol. The van der Waals surface area contributed by atoms with Crippen LogP contribution in [0, 0.1) is 35.8 Å². The van der Waals surface area contributed by atoms with Gasteiger partial charge in [0.15, 0.2) is 0 Å². The van der Waals surface area contributed by atoms with Gasteiger partial charge in [-0.3, -0.25) is 0 Å². The summed E-state index contributed by atoms with van der Waals surface area (Å²) in [5.74, 6) is -0.426. The molecule has 3 heteroatoms. The van der Waals surface area contributed by atoms with E-state index >= 15 is 0 Å². The second-order valence-electron chi connectivity index (χ2n) is 6.45. The molecule has 0 fully saturated rings. The van der Waals surface area contributed by atoms with Crippen molar-refractivity contribution in [3.8, 4) is 6.07 Å². The predicted molar refractivity (Wildman–Crippen MR) is 86.1 cm³/mol. The average Bonchev–Trinajstić information content (AvgIpc) is 2.53. The van der Waals surface area contributed by atoms with Gasteiger partial charge in [0.05, 0.1) is 11.6 Å². The van der Waals surface area contributed by atoms with Gasteiger partial charge in [0.2, 0.25) is 0 Å². The number of fused-ring (bicyclic) bond motifs is 1. The van der Waals surface area contributed by atoms with Crippen molar-refractivity contribution in [3.63, 3.8) is 0 Å². The van der Waals surface area contributed by atoms with E-state index in [1.165, 1.54) is 23.3 Å². The molecule has 23 heavy (non-hydrogen) atoms. The van der Waals surface area contributed by atoms with E-state index < -0.39 is 11.6 Å². The zero-order chi connectivity index (χ0) is 16.4. The van der Waals surface area contributed by atoms with E-state index in [1.54, 1.807) is 6.92 Å². The van der Waals surface area contributed by atoms with Crippen molar-refractivity contribution in [1.29, 1.82) is 5.26 Å². The van der Waals surface area contributed by atoms with Gasteiger partial charge in [-0.1, -0.05) is 6.07 Å². The predicted octanol–water partition coefficient (Wildman–Crippen LogP) is 4.88. The Morgan fingerprint density at radius 3 is 2.57 bits per heavy atom. The topological polar surface area (TPSA) is 23.8 Å². The molecule has 0 N–H and O–H groups in total. The van der Waals surface area contributed by atoms with E-state index in [1.807, 2.05) is 18.2 Å². The number of halogens is 2. The summed E-state index contributed by atoms with van der Waals surface area (Å²) < 4.78 is 27.8. The van der Waals surface area contributed by atoms with Gasteiger partial charge in [0.1, 0.15) is 11.6 Å². The molecule has 0 amide bonds. The van der Waals surface area contributed by atoms with Gasteiger partial charge in [-0.05, 0) is 85.9 Å². The number of hydrogen-bond acceptors (Lipinski definition) is 1. The highest BCUT2D eigenvalue weighted by Crippen LogP contribution is 2.30. The van der Waals surface area contributed by atoms with Gasteiger partial charge in [-0.2, -0.15) is 5.26 Å². The summed E-state index contributed by atoms with van der Waals surface area (Å²) in [6.07, 6.45) is 4.10. The highest BCUT2D eigenvalue weighted by atomic mass is 19.1. The Balaban J connectivity index is 1.68. The highest BCUT2D eigenvalue weighted by Gasteiger charge is 2.20. The number of nitriles is 1. The third-order valence-electron chi connectivity index (χ3n) is 4.75. The van der Waals surface area contributed by atoms with Gasteiger partial charge in [-0.25, -0.2) is 8.78 Å². The van der Waals surface area contributed by atoms with Gasteiger partial charge in [-0.15, -0.1) is 0 Å². The second kappa shape index (κ2) is 6.50. The van der Waals surface area contributed by atoms with Gasteiger partial charge in [0, 0.05) is 5.56 Å². The lowest BCUT2D eigenvalue weighted by atomic mass is 9.80. The average molecular weight is 311 g/mol. The van der Waals surface area contributed by atoms with Crippen LogP contribution in [0.4, 0.5) is 8.78 Å². The summed E-state index contributed by atoms with van der Waals surface area (Å²) in [5, 5.41) is 8.95. The van der Waals surface area contributed by atoms with Crippen LogP contribution in [-0.4, -0.2) is 0 Å². The Labute approximate surface area is 135 Å². The standard InChI is InChI=1S/C20H19F2N/c1-13-8-19(21)18(20(22)9-13)7-4-14-2-5-17-11-15(12-23)3-6-16(17)10-14/h3,6,8-9,11,14H,2,4-5,7,10H2,1H3. The maximum atomic E-state index is 13.9. The second-order valence-corrected chi connectivity index (χ2v) is 6.45. The van der Waals surface area contributed by atoms with E-state index in [-0.39, 0.29) is 5.56 Å². The number of benzene rings is 2. The van der Waals surface area contributed by atoms with Crippen LogP contribution >= 0.6 is 0 Å². The highest BCUT2D eigenvalue weighted by molar-refractivity contribution is 5.39. The zero-order valence-corrected chi connectivity index (χ0v) is 13.2. The van der Waals surface area contributed by atoms with Crippen molar-refractivity contribution < 1.29 is 8.78 Å². The summed E-state index contributed by atoms with van der Waals surface area (Å²) in [6, 6.07) is 10.8. The van der Waals surface area contributed by atoms with Crippen LogP contribution in [-0.2, 0) is 19.3 Å². The molecule has 1 nitrogen and oxygen atoms in total. The fraction of sp³-hybridized carbons (Fsp3) is 0.350. The lowest BCUT2D eigenvalue weighted by molar-refractivity contribution is 0.419. The Kier molecular flexibility index (Phi) is 4.43. The molecule has 1 unspecified atom stereocenters. The van der Waals surface area contributed by atoms with Crippen LogP contribution in [0.1, 0.15) is 40.7 Å². The Morgan fingerprint density at radius 2 is 1.87 bits per heavy atom. The van der Waals surface area contributed by atoms with Crippen LogP contribution < -0.4 is 0 Å². The molecule has 0 aromatic heterocycles. The van der Waals surface area contributed by atoms with Gasteiger partial charge >= 0.3 is 0 Å². The molecule has 1 aliphatic carbocycles. The number of nitrogens with zero attached hydrogens (tertiary/aromatic N) is 1. The van der Waals surface area contributed by atoms with Crippen molar-refractivity contribution in [2.45, 2.75) is 39.0 Å². The van der Waals surface area contributed by atoms with Crippen LogP contribution in [0.3, 0.4) is 0 Å². The van der Waals surface area contributed by atoms with E-state index in [9.17, 15) is 8.78 Å². The first-order valence-electron chi connectivity index (χ1n) is 8.03. The molecule has 0 heterocycles. The molecular formula is C20H19F2N. The summed E-state index contributed by atoms with van der Waals surface area (Å²) in [4.78, 5) is 0. The van der Waals surface area contributed by atoms with E-state index in [2.05, 4.69) is 6.07 Å². The number of hydrogen-bond donors (Lipinski definition) is 0. The van der Waals surface area contributed by atoms with Crippen molar-refractivity contribution in [3.05, 3.63) is 69.8 Å². The molecule has 1 aliphatic rings. The lowest BCUT2D eigenvalue weighted by Crippen LogP contribution is -2.15. The molecule has 0 radical (unpaired) electrons. The first kappa shape index (κ1) is 15.7. The van der Waals surface area contributed by atoms with Gasteiger partial charge in [0.25, 0.3) is 0 Å². The smallest absolute Gasteiger partial charge is 0.129 e. The molecule has 2 aromatic carbocycles. The van der Waals surface area contributed by atoms with Crippen LogP contribution in [0.2, 0.25) is 0 Å². The Hall–Kier alpha value is -2.21. The molecule has 1 atom stereocenters. The molecule has 0 saturated carbocycles. The summed E-state index contributed by atoms with van der Waals surface area (Å²) in [6.45, 7) is 1.70. The third kappa shape index (κ3) is 3.42. The Morgan fingerprint density at radius 1 is 1.13 bits per heavy atom. The third-order valence-corrected chi connectivity index (χ3v) is 4.75. The van der Waals surface area contributed by atoms with Crippen LogP contribution in [0.15, 0.2) is 30.3 Å². The SMILES string of the molecule is Cc1cc(F)c(CCC2CCc3cc(C#N)ccc3C2)c(F)c1. The largest absolute Gasteiger partial charge is 0.207 e. The van der Waals surface area contributed by atoms with Crippen LogP contribution in [0.25, 0.3) is 0 Å². The fourth-order valence-corrected chi connectivity index (χ4v) is 3.46. The minimum absolute atomic E-state index is 0.209. The van der Waals surface area contributed by atoms with Crippen molar-refractivity contribution in [2.75, 3.05) is 0 Å². The molecule has 0 bridgehead atoms. The molecule has 0 aliphatic heterocycles. The first-order chi connectivity index (χ1) is 11.1. The van der Waals surface area contributed by atoms with E-state index in [4.69, 9.17) is 5.26 Å². The van der Waals surface area contributed by atoms with Crippen molar-refractivity contribution in [1.82, 2.24) is 0 Å². The number of aryl methyl sites for hydroxylation is 2. The minimum atomic E-state index is -0.433. The molecule has 0 saturated heterocycles. The van der Waals surface area contributed by atoms with Crippen LogP contribution in [0.5, 0.6) is 0 Å². The number of rotatable bonds is 3. The summed E-state index contributed by atoms with van der Waals surface area (Å²) >= 11 is 0. The first-order valence-corrected chi connectivity index (χ1v) is 8.03. The zero-order valence-electron chi connectivity index (χ0n) is 13.2. The normalized spacial score (nSPS) is 16.7. The molecule has 3 rings (SSSR count). The molecule has 2 aromatic rings. The fourth-order valence-electron chi connectivity index (χ4n) is 3.46. The summed E-state index contributed by atoms with van der Waals surface area (Å²) in [5.41, 5.74) is 4.04. The summed E-state index contributed by atoms with van der Waals surface area (Å²) in [7, 11) is 0. The Bertz CT molecular complexity index is 751. The van der Waals surface area contributed by atoms with Gasteiger partial charge < -0.3 is 0 Å². The lowest BCUT2D eigenvalue weighted by Gasteiger charge is -2.25. The quantitative estimate of drug-likeness (QED) is 0.792. The minimum Gasteiger partial charge on any atom is -0.207 e. The van der Waals surface area contributed by atoms with E-state index in [0.29, 0.717) is 23.5 Å². The van der Waals surface area contributed by atoms with Crippen molar-refractivity contribution >= 4 is 0 Å². The maximum Gasteiger partial charge on any atom is 0.129 e. The molecular weight excluding hydrogens is 292 g/mol. The molecule has 118 valence electrons. The van der Waals surface area contributed by atoms with Crippen molar-refractivity contribution in [2.24, 2.45) is 5.92 Å².